The summed E-state index contributed by atoms with van der Waals surface area (Å²) in [5.74, 6) is 0.188. The molecule has 0 radical (unpaired) electrons. The standard InChI is InChI=1S/C20H21N3OS/c1-13-3-6-15(7-4-13)10-21-19(24)16-11-23(12-16)20-22-17-8-5-14(2)9-18(17)25-20/h3-9,16H,10-12H2,1-2H3,(H,21,24). The van der Waals surface area contributed by atoms with Crippen molar-refractivity contribution < 1.29 is 4.79 Å². The number of carbonyl (C=O) groups excluding carboxylic acids is 1. The molecular weight excluding hydrogens is 330 g/mol. The molecule has 128 valence electrons. The van der Waals surface area contributed by atoms with Crippen molar-refractivity contribution in [3.05, 3.63) is 59.2 Å². The lowest BCUT2D eigenvalue weighted by molar-refractivity contribution is -0.125. The Morgan fingerprint density at radius 2 is 1.88 bits per heavy atom. The Kier molecular flexibility index (Phi) is 4.17. The zero-order valence-electron chi connectivity index (χ0n) is 14.5. The van der Waals surface area contributed by atoms with Crippen molar-refractivity contribution in [1.29, 1.82) is 0 Å². The molecule has 0 bridgehead atoms. The van der Waals surface area contributed by atoms with Crippen molar-refractivity contribution in [2.75, 3.05) is 18.0 Å². The second kappa shape index (κ2) is 6.48. The van der Waals surface area contributed by atoms with E-state index in [2.05, 4.69) is 71.5 Å². The molecule has 0 spiro atoms. The van der Waals surface area contributed by atoms with E-state index in [4.69, 9.17) is 0 Å². The van der Waals surface area contributed by atoms with E-state index in [9.17, 15) is 4.79 Å². The molecule has 1 saturated heterocycles. The Hall–Kier alpha value is -2.40. The number of aromatic nitrogens is 1. The SMILES string of the molecule is Cc1ccc(CNC(=O)C2CN(c3nc4ccc(C)cc4s3)C2)cc1. The molecule has 4 rings (SSSR count). The van der Waals surface area contributed by atoms with Crippen LogP contribution in [-0.4, -0.2) is 24.0 Å². The van der Waals surface area contributed by atoms with E-state index in [0.717, 1.165) is 29.3 Å². The molecule has 1 aliphatic rings. The number of amides is 1. The number of nitrogens with zero attached hydrogens (tertiary/aromatic N) is 2. The van der Waals surface area contributed by atoms with Gasteiger partial charge < -0.3 is 10.2 Å². The fourth-order valence-electron chi connectivity index (χ4n) is 2.99. The first-order valence-corrected chi connectivity index (χ1v) is 9.35. The fraction of sp³-hybridized carbons (Fsp3) is 0.300. The minimum absolute atomic E-state index is 0.0548. The second-order valence-electron chi connectivity index (χ2n) is 6.77. The van der Waals surface area contributed by atoms with Crippen LogP contribution in [0.5, 0.6) is 0 Å². The van der Waals surface area contributed by atoms with Gasteiger partial charge >= 0.3 is 0 Å². The van der Waals surface area contributed by atoms with Crippen molar-refractivity contribution in [3.63, 3.8) is 0 Å². The maximum Gasteiger partial charge on any atom is 0.226 e. The summed E-state index contributed by atoms with van der Waals surface area (Å²) in [4.78, 5) is 19.2. The van der Waals surface area contributed by atoms with E-state index in [1.165, 1.54) is 15.8 Å². The van der Waals surface area contributed by atoms with Gasteiger partial charge in [0.15, 0.2) is 5.13 Å². The molecule has 0 saturated carbocycles. The van der Waals surface area contributed by atoms with Gasteiger partial charge in [-0.3, -0.25) is 4.79 Å². The van der Waals surface area contributed by atoms with Crippen LogP contribution in [0.15, 0.2) is 42.5 Å². The van der Waals surface area contributed by atoms with E-state index in [1.807, 2.05) is 0 Å². The highest BCUT2D eigenvalue weighted by atomic mass is 32.1. The Bertz CT molecular complexity index is 910. The van der Waals surface area contributed by atoms with E-state index in [-0.39, 0.29) is 11.8 Å². The van der Waals surface area contributed by atoms with Gasteiger partial charge in [-0.2, -0.15) is 0 Å². The molecular formula is C20H21N3OS. The van der Waals surface area contributed by atoms with Crippen LogP contribution in [0, 0.1) is 19.8 Å². The normalized spacial score (nSPS) is 14.6. The van der Waals surface area contributed by atoms with Gasteiger partial charge in [0, 0.05) is 19.6 Å². The lowest BCUT2D eigenvalue weighted by Gasteiger charge is -2.37. The molecule has 25 heavy (non-hydrogen) atoms. The third kappa shape index (κ3) is 3.37. The van der Waals surface area contributed by atoms with Crippen LogP contribution in [0.2, 0.25) is 0 Å². The van der Waals surface area contributed by atoms with E-state index in [1.54, 1.807) is 11.3 Å². The lowest BCUT2D eigenvalue weighted by atomic mass is 10.00. The molecule has 1 amide bonds. The predicted octanol–water partition coefficient (Wildman–Crippen LogP) is 3.67. The molecule has 1 aliphatic heterocycles. The maximum absolute atomic E-state index is 12.3. The molecule has 2 aromatic carbocycles. The summed E-state index contributed by atoms with van der Waals surface area (Å²) in [5, 5.41) is 4.06. The highest BCUT2D eigenvalue weighted by Gasteiger charge is 2.34. The number of anilines is 1. The number of fused-ring (bicyclic) bond motifs is 1. The van der Waals surface area contributed by atoms with Crippen LogP contribution in [0.25, 0.3) is 10.2 Å². The van der Waals surface area contributed by atoms with E-state index >= 15 is 0 Å². The summed E-state index contributed by atoms with van der Waals surface area (Å²) in [5.41, 5.74) is 4.66. The van der Waals surface area contributed by atoms with Crippen molar-refractivity contribution in [2.45, 2.75) is 20.4 Å². The monoisotopic (exact) mass is 351 g/mol. The topological polar surface area (TPSA) is 45.2 Å². The number of nitrogens with one attached hydrogen (secondary N) is 1. The first-order chi connectivity index (χ1) is 12.1. The molecule has 2 heterocycles. The molecule has 4 nitrogen and oxygen atoms in total. The number of rotatable bonds is 4. The van der Waals surface area contributed by atoms with Crippen LogP contribution in [0.4, 0.5) is 5.13 Å². The predicted molar refractivity (Wildman–Crippen MR) is 103 cm³/mol. The van der Waals surface area contributed by atoms with Gasteiger partial charge in [-0.05, 0) is 37.1 Å². The molecule has 3 aromatic rings. The summed E-state index contributed by atoms with van der Waals surface area (Å²) in [7, 11) is 0. The smallest absolute Gasteiger partial charge is 0.226 e. The molecule has 5 heteroatoms. The van der Waals surface area contributed by atoms with Crippen molar-refractivity contribution in [1.82, 2.24) is 10.3 Å². The number of hydrogen-bond acceptors (Lipinski definition) is 4. The van der Waals surface area contributed by atoms with Crippen LogP contribution >= 0.6 is 11.3 Å². The third-order valence-corrected chi connectivity index (χ3v) is 5.72. The number of carbonyl (C=O) groups is 1. The van der Waals surface area contributed by atoms with E-state index in [0.29, 0.717) is 6.54 Å². The molecule has 1 N–H and O–H groups in total. The minimum Gasteiger partial charge on any atom is -0.352 e. The average Bonchev–Trinajstić information content (AvgIpc) is 2.95. The van der Waals surface area contributed by atoms with Gasteiger partial charge in [-0.25, -0.2) is 4.98 Å². The molecule has 1 fully saturated rings. The summed E-state index contributed by atoms with van der Waals surface area (Å²) >= 11 is 1.70. The van der Waals surface area contributed by atoms with Crippen LogP contribution in [0.1, 0.15) is 16.7 Å². The third-order valence-electron chi connectivity index (χ3n) is 4.64. The average molecular weight is 351 g/mol. The first kappa shape index (κ1) is 16.1. The van der Waals surface area contributed by atoms with Gasteiger partial charge in [0.1, 0.15) is 0 Å². The quantitative estimate of drug-likeness (QED) is 0.780. The van der Waals surface area contributed by atoms with Crippen LogP contribution in [-0.2, 0) is 11.3 Å². The fourth-order valence-corrected chi connectivity index (χ4v) is 4.08. The van der Waals surface area contributed by atoms with Gasteiger partial charge in [-0.1, -0.05) is 47.2 Å². The summed E-state index contributed by atoms with van der Waals surface area (Å²) in [6.07, 6.45) is 0. The maximum atomic E-state index is 12.3. The molecule has 0 unspecified atom stereocenters. The Labute approximate surface area is 151 Å². The summed E-state index contributed by atoms with van der Waals surface area (Å²) < 4.78 is 1.21. The Morgan fingerprint density at radius 3 is 2.64 bits per heavy atom. The Morgan fingerprint density at radius 1 is 1.16 bits per heavy atom. The van der Waals surface area contributed by atoms with Gasteiger partial charge in [0.25, 0.3) is 0 Å². The highest BCUT2D eigenvalue weighted by Crippen LogP contribution is 2.33. The lowest BCUT2D eigenvalue weighted by Crippen LogP contribution is -2.53. The van der Waals surface area contributed by atoms with Crippen LogP contribution in [0.3, 0.4) is 0 Å². The zero-order chi connectivity index (χ0) is 17.4. The van der Waals surface area contributed by atoms with Gasteiger partial charge in [-0.15, -0.1) is 0 Å². The second-order valence-corrected chi connectivity index (χ2v) is 7.78. The highest BCUT2D eigenvalue weighted by molar-refractivity contribution is 7.22. The van der Waals surface area contributed by atoms with Gasteiger partial charge in [0.05, 0.1) is 16.1 Å². The van der Waals surface area contributed by atoms with Crippen molar-refractivity contribution in [3.8, 4) is 0 Å². The molecule has 0 atom stereocenters. The largest absolute Gasteiger partial charge is 0.352 e. The molecule has 1 aromatic heterocycles. The van der Waals surface area contributed by atoms with Crippen molar-refractivity contribution in [2.24, 2.45) is 5.92 Å². The molecule has 0 aliphatic carbocycles. The Balaban J connectivity index is 1.32. The number of thiazole rings is 1. The van der Waals surface area contributed by atoms with E-state index < -0.39 is 0 Å². The zero-order valence-corrected chi connectivity index (χ0v) is 15.3. The first-order valence-electron chi connectivity index (χ1n) is 8.54. The number of benzene rings is 2. The van der Waals surface area contributed by atoms with Crippen molar-refractivity contribution >= 4 is 32.6 Å². The van der Waals surface area contributed by atoms with Crippen LogP contribution < -0.4 is 10.2 Å². The number of aryl methyl sites for hydroxylation is 2. The minimum atomic E-state index is 0.0548. The summed E-state index contributed by atoms with van der Waals surface area (Å²) in [6, 6.07) is 14.6. The van der Waals surface area contributed by atoms with Gasteiger partial charge in [0.2, 0.25) is 5.91 Å². The summed E-state index contributed by atoms with van der Waals surface area (Å²) in [6.45, 7) is 6.25. The number of hydrogen-bond donors (Lipinski definition) is 1.